The highest BCUT2D eigenvalue weighted by atomic mass is 16.6. The quantitative estimate of drug-likeness (QED) is 0.154. The second-order valence-electron chi connectivity index (χ2n) is 13.4. The zero-order chi connectivity index (χ0) is 34.1. The summed E-state index contributed by atoms with van der Waals surface area (Å²) in [5.41, 5.74) is 6.52. The number of amides is 1. The third-order valence-corrected chi connectivity index (χ3v) is 8.93. The Morgan fingerprint density at radius 3 is 2.18 bits per heavy atom. The molecule has 7 rings (SSSR count). The van der Waals surface area contributed by atoms with Crippen molar-refractivity contribution in [3.8, 4) is 11.1 Å². The highest BCUT2D eigenvalue weighted by Gasteiger charge is 2.34. The molecule has 49 heavy (non-hydrogen) atoms. The summed E-state index contributed by atoms with van der Waals surface area (Å²) < 4.78 is 13.6. The first-order valence-electron chi connectivity index (χ1n) is 16.6. The van der Waals surface area contributed by atoms with Crippen LogP contribution < -0.4 is 5.32 Å². The van der Waals surface area contributed by atoms with Crippen LogP contribution >= 0.6 is 0 Å². The Labute approximate surface area is 285 Å². The molecule has 1 amide bonds. The minimum atomic E-state index is -0.811. The van der Waals surface area contributed by atoms with E-state index in [2.05, 4.69) is 44.8 Å². The van der Waals surface area contributed by atoms with Crippen molar-refractivity contribution in [2.45, 2.75) is 57.7 Å². The molecule has 248 valence electrons. The van der Waals surface area contributed by atoms with Crippen molar-refractivity contribution >= 4 is 23.0 Å². The van der Waals surface area contributed by atoms with Gasteiger partial charge in [0, 0.05) is 35.0 Å². The molecule has 0 saturated carbocycles. The lowest BCUT2D eigenvalue weighted by Crippen LogP contribution is -2.35. The van der Waals surface area contributed by atoms with Crippen LogP contribution in [0.5, 0.6) is 0 Å². The molecule has 2 heterocycles. The van der Waals surface area contributed by atoms with Crippen LogP contribution in [0.3, 0.4) is 0 Å². The molecular weight excluding hydrogens is 614 g/mol. The fourth-order valence-electron chi connectivity index (χ4n) is 6.72. The monoisotopic (exact) mass is 653 g/mol. The van der Waals surface area contributed by atoms with Crippen molar-refractivity contribution < 1.29 is 19.1 Å². The SMILES string of the molecule is C[C@@H](C(=O)OC(C)(C)C)n1c(Cc2ccccc2)nnc1[C@@H](NC(=O)OCC1c2ccccc2-c2ccccc21)c1c[nH]c2ccccc12. The summed E-state index contributed by atoms with van der Waals surface area (Å²) in [6.45, 7) is 7.44. The number of nitrogens with one attached hydrogen (secondary N) is 2. The van der Waals surface area contributed by atoms with Gasteiger partial charge in [-0.1, -0.05) is 97.1 Å². The lowest BCUT2D eigenvalue weighted by atomic mass is 9.98. The van der Waals surface area contributed by atoms with Crippen molar-refractivity contribution in [1.29, 1.82) is 0 Å². The summed E-state index contributed by atoms with van der Waals surface area (Å²) in [5.74, 6) is 0.431. The molecule has 0 fully saturated rings. The third kappa shape index (κ3) is 6.44. The van der Waals surface area contributed by atoms with Crippen LogP contribution in [-0.2, 0) is 20.7 Å². The summed E-state index contributed by atoms with van der Waals surface area (Å²) in [6.07, 6.45) is 1.67. The number of alkyl carbamates (subject to hydrolysis) is 1. The normalized spacial score (nSPS) is 13.8. The predicted octanol–water partition coefficient (Wildman–Crippen LogP) is 7.88. The standard InChI is InChI=1S/C40H39N5O4/c1-25(38(46)49-40(2,3)4)45-35(22-26-14-6-5-7-15-26)43-44-37(45)36(32-23-41-34-21-13-12-20-31(32)34)42-39(47)48-24-33-29-18-10-8-16-27(29)28-17-9-11-19-30(28)33/h5-21,23,25,33,36,41H,22,24H2,1-4H3,(H,42,47)/t25-,36-/m0/s1. The van der Waals surface area contributed by atoms with Crippen molar-refractivity contribution in [3.63, 3.8) is 0 Å². The van der Waals surface area contributed by atoms with E-state index in [1.54, 1.807) is 11.5 Å². The van der Waals surface area contributed by atoms with E-state index in [1.165, 1.54) is 0 Å². The Balaban J connectivity index is 1.25. The van der Waals surface area contributed by atoms with Gasteiger partial charge in [0.1, 0.15) is 30.1 Å². The zero-order valence-electron chi connectivity index (χ0n) is 28.0. The summed E-state index contributed by atoms with van der Waals surface area (Å²) in [7, 11) is 0. The van der Waals surface area contributed by atoms with Gasteiger partial charge in [0.15, 0.2) is 5.82 Å². The number of esters is 1. The number of hydrogen-bond acceptors (Lipinski definition) is 6. The summed E-state index contributed by atoms with van der Waals surface area (Å²) >= 11 is 0. The van der Waals surface area contributed by atoms with E-state index >= 15 is 0 Å². The smallest absolute Gasteiger partial charge is 0.408 e. The number of carbonyl (C=O) groups is 2. The number of aromatic amines is 1. The lowest BCUT2D eigenvalue weighted by molar-refractivity contribution is -0.158. The number of aromatic nitrogens is 4. The molecule has 0 spiro atoms. The third-order valence-electron chi connectivity index (χ3n) is 8.93. The maximum atomic E-state index is 13.8. The van der Waals surface area contributed by atoms with Crippen molar-refractivity contribution in [2.24, 2.45) is 0 Å². The van der Waals surface area contributed by atoms with Gasteiger partial charge in [0.25, 0.3) is 0 Å². The molecule has 0 unspecified atom stereocenters. The number of H-pyrrole nitrogens is 1. The maximum Gasteiger partial charge on any atom is 0.408 e. The van der Waals surface area contributed by atoms with Crippen molar-refractivity contribution in [1.82, 2.24) is 25.1 Å². The van der Waals surface area contributed by atoms with Crippen molar-refractivity contribution in [2.75, 3.05) is 6.61 Å². The van der Waals surface area contributed by atoms with E-state index in [0.717, 1.165) is 44.3 Å². The van der Waals surface area contributed by atoms with E-state index in [4.69, 9.17) is 9.47 Å². The van der Waals surface area contributed by atoms with Gasteiger partial charge < -0.3 is 19.8 Å². The van der Waals surface area contributed by atoms with Gasteiger partial charge in [-0.2, -0.15) is 0 Å². The number of para-hydroxylation sites is 1. The number of nitrogens with zero attached hydrogens (tertiary/aromatic N) is 3. The van der Waals surface area contributed by atoms with Gasteiger partial charge in [-0.3, -0.25) is 4.57 Å². The second kappa shape index (κ2) is 13.1. The van der Waals surface area contributed by atoms with E-state index in [1.807, 2.05) is 106 Å². The predicted molar refractivity (Wildman–Crippen MR) is 188 cm³/mol. The Morgan fingerprint density at radius 1 is 0.857 bits per heavy atom. The minimum absolute atomic E-state index is 0.0991. The first-order chi connectivity index (χ1) is 23.7. The largest absolute Gasteiger partial charge is 0.458 e. The van der Waals surface area contributed by atoms with Crippen LogP contribution in [0.25, 0.3) is 22.0 Å². The molecule has 0 saturated heterocycles. The molecule has 2 aromatic heterocycles. The first-order valence-corrected chi connectivity index (χ1v) is 16.6. The Bertz CT molecular complexity index is 2080. The number of benzene rings is 4. The van der Waals surface area contributed by atoms with E-state index in [9.17, 15) is 9.59 Å². The average molecular weight is 654 g/mol. The topological polar surface area (TPSA) is 111 Å². The number of fused-ring (bicyclic) bond motifs is 4. The highest BCUT2D eigenvalue weighted by Crippen LogP contribution is 2.44. The van der Waals surface area contributed by atoms with Gasteiger partial charge in [0.05, 0.1) is 0 Å². The van der Waals surface area contributed by atoms with Crippen LogP contribution in [0, 0.1) is 0 Å². The van der Waals surface area contributed by atoms with Gasteiger partial charge in [0.2, 0.25) is 0 Å². The molecule has 6 aromatic rings. The fraction of sp³-hybridized carbons (Fsp3) is 0.250. The van der Waals surface area contributed by atoms with Crippen molar-refractivity contribution in [3.05, 3.63) is 143 Å². The molecule has 9 heteroatoms. The molecule has 0 radical (unpaired) electrons. The van der Waals surface area contributed by atoms with E-state index in [-0.39, 0.29) is 12.5 Å². The Kier molecular flexibility index (Phi) is 8.50. The highest BCUT2D eigenvalue weighted by molar-refractivity contribution is 5.85. The van der Waals surface area contributed by atoms with Gasteiger partial charge in [-0.15, -0.1) is 10.2 Å². The number of rotatable bonds is 9. The molecule has 0 aliphatic heterocycles. The first kappa shape index (κ1) is 31.9. The van der Waals surface area contributed by atoms with Crippen LogP contribution in [-0.4, -0.2) is 44.0 Å². The molecule has 0 bridgehead atoms. The fourth-order valence-corrected chi connectivity index (χ4v) is 6.72. The molecule has 4 aromatic carbocycles. The zero-order valence-corrected chi connectivity index (χ0v) is 28.0. The summed E-state index contributed by atoms with van der Waals surface area (Å²) in [4.78, 5) is 30.8. The van der Waals surface area contributed by atoms with E-state index in [0.29, 0.717) is 18.1 Å². The molecule has 2 atom stereocenters. The van der Waals surface area contributed by atoms with E-state index < -0.39 is 29.7 Å². The molecule has 1 aliphatic rings. The number of hydrogen-bond donors (Lipinski definition) is 2. The van der Waals surface area contributed by atoms with Gasteiger partial charge >= 0.3 is 12.1 Å². The average Bonchev–Trinajstić information content (AvgIpc) is 3.80. The Morgan fingerprint density at radius 2 is 1.49 bits per heavy atom. The Hall–Kier alpha value is -5.70. The van der Waals surface area contributed by atoms with Gasteiger partial charge in [-0.25, -0.2) is 9.59 Å². The molecule has 1 aliphatic carbocycles. The van der Waals surface area contributed by atoms with Crippen LogP contribution in [0.15, 0.2) is 109 Å². The number of ether oxygens (including phenoxy) is 2. The summed E-state index contributed by atoms with van der Waals surface area (Å²) in [5, 5.41) is 13.2. The van der Waals surface area contributed by atoms with Gasteiger partial charge in [-0.05, 0) is 61.6 Å². The maximum absolute atomic E-state index is 13.8. The van der Waals surface area contributed by atoms with Crippen LogP contribution in [0.2, 0.25) is 0 Å². The number of carbonyl (C=O) groups excluding carboxylic acids is 2. The molecule has 2 N–H and O–H groups in total. The lowest BCUT2D eigenvalue weighted by Gasteiger charge is -2.26. The minimum Gasteiger partial charge on any atom is -0.458 e. The van der Waals surface area contributed by atoms with Crippen LogP contribution in [0.4, 0.5) is 4.79 Å². The molecule has 9 nitrogen and oxygen atoms in total. The molecular formula is C40H39N5O4. The summed E-state index contributed by atoms with van der Waals surface area (Å²) in [6, 6.07) is 32.6. The second-order valence-corrected chi connectivity index (χ2v) is 13.4. The van der Waals surface area contributed by atoms with Crippen LogP contribution in [0.1, 0.15) is 79.6 Å².